The van der Waals surface area contributed by atoms with Gasteiger partial charge in [0.25, 0.3) is 0 Å². The first-order valence-corrected chi connectivity index (χ1v) is 7.60. The fraction of sp³-hybridized carbons (Fsp3) is 0.529. The van der Waals surface area contributed by atoms with E-state index in [0.29, 0.717) is 18.0 Å². The third kappa shape index (κ3) is 2.66. The van der Waals surface area contributed by atoms with Gasteiger partial charge in [-0.05, 0) is 57.1 Å². The summed E-state index contributed by atoms with van der Waals surface area (Å²) >= 11 is 0. The van der Waals surface area contributed by atoms with E-state index < -0.39 is 0 Å². The predicted octanol–water partition coefficient (Wildman–Crippen LogP) is 2.00. The van der Waals surface area contributed by atoms with E-state index >= 15 is 0 Å². The van der Waals surface area contributed by atoms with Crippen LogP contribution in [0.3, 0.4) is 0 Å². The van der Waals surface area contributed by atoms with E-state index in [0.717, 1.165) is 44.5 Å². The normalized spacial score (nSPS) is 21.7. The highest BCUT2D eigenvalue weighted by atomic mass is 16.2. The number of carbonyl (C=O) groups excluding carboxylic acids is 1. The number of nitrogens with zero attached hydrogens (tertiary/aromatic N) is 3. The second-order valence-corrected chi connectivity index (χ2v) is 6.37. The SMILES string of the molecule is CN1CCC2(CC1)CCN(Cc1ccc(C#N)cc1)C2=O. The lowest BCUT2D eigenvalue weighted by molar-refractivity contribution is -0.138. The van der Waals surface area contributed by atoms with E-state index in [1.807, 2.05) is 29.2 Å². The predicted molar refractivity (Wildman–Crippen MR) is 80.4 cm³/mol. The number of benzene rings is 1. The largest absolute Gasteiger partial charge is 0.338 e. The number of carbonyl (C=O) groups is 1. The van der Waals surface area contributed by atoms with Crippen LogP contribution in [-0.2, 0) is 11.3 Å². The summed E-state index contributed by atoms with van der Waals surface area (Å²) in [5.74, 6) is 0.333. The molecule has 1 amide bonds. The summed E-state index contributed by atoms with van der Waals surface area (Å²) in [7, 11) is 2.13. The Morgan fingerprint density at radius 2 is 1.76 bits per heavy atom. The fourth-order valence-electron chi connectivity index (χ4n) is 3.46. The second kappa shape index (κ2) is 5.50. The van der Waals surface area contributed by atoms with Crippen molar-refractivity contribution < 1.29 is 4.79 Å². The summed E-state index contributed by atoms with van der Waals surface area (Å²) in [5.41, 5.74) is 1.67. The summed E-state index contributed by atoms with van der Waals surface area (Å²) < 4.78 is 0. The third-order valence-electron chi connectivity index (χ3n) is 5.00. The first-order valence-electron chi connectivity index (χ1n) is 7.60. The smallest absolute Gasteiger partial charge is 0.229 e. The Hall–Kier alpha value is -1.86. The summed E-state index contributed by atoms with van der Waals surface area (Å²) in [6.07, 6.45) is 2.98. The molecule has 2 aliphatic rings. The van der Waals surface area contributed by atoms with Gasteiger partial charge in [0, 0.05) is 13.1 Å². The molecular formula is C17H21N3O. The molecular weight excluding hydrogens is 262 g/mol. The highest BCUT2D eigenvalue weighted by Crippen LogP contribution is 2.41. The zero-order chi connectivity index (χ0) is 14.9. The zero-order valence-electron chi connectivity index (χ0n) is 12.5. The van der Waals surface area contributed by atoms with Crippen molar-refractivity contribution in [2.24, 2.45) is 5.41 Å². The summed E-state index contributed by atoms with van der Waals surface area (Å²) in [4.78, 5) is 17.1. The Balaban J connectivity index is 1.67. The van der Waals surface area contributed by atoms with Gasteiger partial charge in [-0.2, -0.15) is 5.26 Å². The molecule has 0 aromatic heterocycles. The van der Waals surface area contributed by atoms with Crippen molar-refractivity contribution in [3.8, 4) is 6.07 Å². The lowest BCUT2D eigenvalue weighted by Crippen LogP contribution is -2.43. The van der Waals surface area contributed by atoms with Gasteiger partial charge >= 0.3 is 0 Å². The van der Waals surface area contributed by atoms with Gasteiger partial charge in [-0.15, -0.1) is 0 Å². The molecule has 2 fully saturated rings. The van der Waals surface area contributed by atoms with Crippen LogP contribution in [0.1, 0.15) is 30.4 Å². The molecule has 0 bridgehead atoms. The molecule has 2 heterocycles. The molecule has 4 nitrogen and oxygen atoms in total. The average molecular weight is 283 g/mol. The number of hydrogen-bond donors (Lipinski definition) is 0. The van der Waals surface area contributed by atoms with Crippen LogP contribution in [0, 0.1) is 16.7 Å². The Morgan fingerprint density at radius 3 is 2.38 bits per heavy atom. The Labute approximate surface area is 126 Å². The monoisotopic (exact) mass is 283 g/mol. The molecule has 1 spiro atoms. The van der Waals surface area contributed by atoms with Crippen molar-refractivity contribution in [2.75, 3.05) is 26.7 Å². The van der Waals surface area contributed by atoms with Crippen molar-refractivity contribution in [3.05, 3.63) is 35.4 Å². The van der Waals surface area contributed by atoms with Crippen LogP contribution in [0.4, 0.5) is 0 Å². The third-order valence-corrected chi connectivity index (χ3v) is 5.00. The van der Waals surface area contributed by atoms with E-state index in [2.05, 4.69) is 18.0 Å². The van der Waals surface area contributed by atoms with Gasteiger partial charge in [-0.1, -0.05) is 12.1 Å². The van der Waals surface area contributed by atoms with Gasteiger partial charge in [0.2, 0.25) is 5.91 Å². The standard InChI is InChI=1S/C17H21N3O/c1-19-9-6-17(7-10-19)8-11-20(16(17)21)13-15-4-2-14(12-18)3-5-15/h2-5H,6-11,13H2,1H3. The van der Waals surface area contributed by atoms with Gasteiger partial charge in [-0.3, -0.25) is 4.79 Å². The number of likely N-dealkylation sites (tertiary alicyclic amines) is 2. The number of rotatable bonds is 2. The zero-order valence-corrected chi connectivity index (χ0v) is 12.5. The minimum atomic E-state index is -0.0981. The second-order valence-electron chi connectivity index (χ2n) is 6.37. The first-order chi connectivity index (χ1) is 10.1. The van der Waals surface area contributed by atoms with E-state index in [9.17, 15) is 4.79 Å². The maximum absolute atomic E-state index is 12.8. The lowest BCUT2D eigenvalue weighted by atomic mass is 9.77. The van der Waals surface area contributed by atoms with E-state index in [1.165, 1.54) is 0 Å². The van der Waals surface area contributed by atoms with Gasteiger partial charge < -0.3 is 9.80 Å². The van der Waals surface area contributed by atoms with E-state index in [4.69, 9.17) is 5.26 Å². The van der Waals surface area contributed by atoms with Crippen LogP contribution in [0.2, 0.25) is 0 Å². The van der Waals surface area contributed by atoms with Crippen LogP contribution in [-0.4, -0.2) is 42.4 Å². The molecule has 0 saturated carbocycles. The molecule has 21 heavy (non-hydrogen) atoms. The van der Waals surface area contributed by atoms with Crippen molar-refractivity contribution >= 4 is 5.91 Å². The molecule has 3 rings (SSSR count). The average Bonchev–Trinajstić information content (AvgIpc) is 2.81. The number of nitriles is 1. The van der Waals surface area contributed by atoms with Crippen LogP contribution < -0.4 is 0 Å². The van der Waals surface area contributed by atoms with Crippen LogP contribution in [0.5, 0.6) is 0 Å². The molecule has 2 saturated heterocycles. The maximum Gasteiger partial charge on any atom is 0.229 e. The topological polar surface area (TPSA) is 47.3 Å². The summed E-state index contributed by atoms with van der Waals surface area (Å²) in [5, 5.41) is 8.82. The molecule has 2 aliphatic heterocycles. The molecule has 0 N–H and O–H groups in total. The number of hydrogen-bond acceptors (Lipinski definition) is 3. The van der Waals surface area contributed by atoms with Crippen LogP contribution in [0.15, 0.2) is 24.3 Å². The minimum absolute atomic E-state index is 0.0981. The first kappa shape index (κ1) is 14.1. The van der Waals surface area contributed by atoms with Crippen LogP contribution in [0.25, 0.3) is 0 Å². The Bertz CT molecular complexity index is 565. The van der Waals surface area contributed by atoms with Gasteiger partial charge in [0.1, 0.15) is 0 Å². The van der Waals surface area contributed by atoms with Crippen molar-refractivity contribution in [1.29, 1.82) is 5.26 Å². The Kier molecular flexibility index (Phi) is 3.69. The highest BCUT2D eigenvalue weighted by Gasteiger charge is 2.47. The van der Waals surface area contributed by atoms with Gasteiger partial charge in [0.15, 0.2) is 0 Å². The lowest BCUT2D eigenvalue weighted by Gasteiger charge is -2.36. The molecule has 0 unspecified atom stereocenters. The van der Waals surface area contributed by atoms with E-state index in [-0.39, 0.29) is 5.41 Å². The van der Waals surface area contributed by atoms with Gasteiger partial charge in [0.05, 0.1) is 17.0 Å². The summed E-state index contributed by atoms with van der Waals surface area (Å²) in [6.45, 7) is 3.58. The highest BCUT2D eigenvalue weighted by molar-refractivity contribution is 5.85. The molecule has 1 aromatic carbocycles. The number of piperidine rings is 1. The maximum atomic E-state index is 12.8. The molecule has 4 heteroatoms. The minimum Gasteiger partial charge on any atom is -0.338 e. The molecule has 0 aliphatic carbocycles. The fourth-order valence-corrected chi connectivity index (χ4v) is 3.46. The number of amides is 1. The van der Waals surface area contributed by atoms with Crippen LogP contribution >= 0.6 is 0 Å². The molecule has 1 aromatic rings. The van der Waals surface area contributed by atoms with Crippen molar-refractivity contribution in [3.63, 3.8) is 0 Å². The van der Waals surface area contributed by atoms with Crippen molar-refractivity contribution in [2.45, 2.75) is 25.8 Å². The molecule has 110 valence electrons. The van der Waals surface area contributed by atoms with E-state index in [1.54, 1.807) is 0 Å². The molecule has 0 radical (unpaired) electrons. The Morgan fingerprint density at radius 1 is 1.14 bits per heavy atom. The van der Waals surface area contributed by atoms with Gasteiger partial charge in [-0.25, -0.2) is 0 Å². The molecule has 0 atom stereocenters. The van der Waals surface area contributed by atoms with Crippen molar-refractivity contribution in [1.82, 2.24) is 9.80 Å². The quantitative estimate of drug-likeness (QED) is 0.834. The summed E-state index contributed by atoms with van der Waals surface area (Å²) in [6, 6.07) is 9.66.